The maximum Gasteiger partial charge on any atom is 0.137 e. The van der Waals surface area contributed by atoms with E-state index in [0.717, 1.165) is 22.3 Å². The topological polar surface area (TPSA) is 41.5 Å². The molecule has 1 aliphatic carbocycles. The summed E-state index contributed by atoms with van der Waals surface area (Å²) in [7, 11) is 1.80. The quantitative estimate of drug-likeness (QED) is 0.896. The molecule has 0 saturated carbocycles. The molecule has 120 valence electrons. The number of likely N-dealkylation sites (N-methyl/N-ethyl adjacent to an activating group) is 1. The Morgan fingerprint density at radius 1 is 1.00 bits per heavy atom. The summed E-state index contributed by atoms with van der Waals surface area (Å²) in [4.78, 5) is 0. The second-order valence-electron chi connectivity index (χ2n) is 6.28. The molecule has 4 heteroatoms. The molecule has 1 heterocycles. The van der Waals surface area contributed by atoms with Crippen LogP contribution in [0.1, 0.15) is 40.4 Å². The summed E-state index contributed by atoms with van der Waals surface area (Å²) in [5.74, 6) is -0.386. The fraction of sp³-hybridized carbons (Fsp3) is 0.368. The van der Waals surface area contributed by atoms with Crippen LogP contribution in [-0.2, 0) is 4.74 Å². The predicted molar refractivity (Wildman–Crippen MR) is 86.1 cm³/mol. The van der Waals surface area contributed by atoms with Gasteiger partial charge in [0.05, 0.1) is 6.10 Å². The minimum Gasteiger partial charge on any atom is -0.384 e. The zero-order valence-corrected chi connectivity index (χ0v) is 12.9. The average Bonchev–Trinajstić information content (AvgIpc) is 2.86. The van der Waals surface area contributed by atoms with E-state index in [2.05, 4.69) is 5.32 Å². The van der Waals surface area contributed by atoms with Gasteiger partial charge in [-0.2, -0.15) is 0 Å². The van der Waals surface area contributed by atoms with Crippen molar-refractivity contribution < 1.29 is 14.2 Å². The monoisotopic (exact) mass is 313 g/mol. The van der Waals surface area contributed by atoms with Gasteiger partial charge in [-0.25, -0.2) is 4.39 Å². The molecule has 3 nitrogen and oxygen atoms in total. The fourth-order valence-corrected chi connectivity index (χ4v) is 3.96. The van der Waals surface area contributed by atoms with Crippen LogP contribution in [0.4, 0.5) is 4.39 Å². The lowest BCUT2D eigenvalue weighted by Crippen LogP contribution is -2.31. The van der Waals surface area contributed by atoms with Gasteiger partial charge in [-0.15, -0.1) is 0 Å². The lowest BCUT2D eigenvalue weighted by molar-refractivity contribution is 0.0276. The first-order valence-electron chi connectivity index (χ1n) is 8.02. The van der Waals surface area contributed by atoms with Crippen molar-refractivity contribution in [2.75, 3.05) is 13.6 Å². The molecule has 2 N–H and O–H groups in total. The summed E-state index contributed by atoms with van der Waals surface area (Å²) < 4.78 is 21.2. The number of aliphatic hydroxyl groups is 1. The fourth-order valence-electron chi connectivity index (χ4n) is 3.96. The number of hydrogen-bond donors (Lipinski definition) is 2. The highest BCUT2D eigenvalue weighted by Gasteiger charge is 2.49. The molecule has 2 aliphatic rings. The number of rotatable bonds is 2. The molecular weight excluding hydrogens is 293 g/mol. The van der Waals surface area contributed by atoms with E-state index in [-0.39, 0.29) is 12.0 Å². The third-order valence-electron chi connectivity index (χ3n) is 5.00. The molecule has 0 radical (unpaired) electrons. The summed E-state index contributed by atoms with van der Waals surface area (Å²) in [6.45, 7) is 0.473. The molecule has 0 spiro atoms. The van der Waals surface area contributed by atoms with Gasteiger partial charge in [0, 0.05) is 12.5 Å². The van der Waals surface area contributed by atoms with Gasteiger partial charge in [-0.3, -0.25) is 0 Å². The molecule has 23 heavy (non-hydrogen) atoms. The zero-order chi connectivity index (χ0) is 16.0. The maximum absolute atomic E-state index is 15.1. The number of ether oxygens (including phenoxy) is 1. The molecule has 5 unspecified atom stereocenters. The first kappa shape index (κ1) is 14.8. The van der Waals surface area contributed by atoms with Crippen molar-refractivity contribution in [2.45, 2.75) is 30.4 Å². The Morgan fingerprint density at radius 2 is 1.57 bits per heavy atom. The third-order valence-corrected chi connectivity index (χ3v) is 5.00. The molecule has 1 aliphatic heterocycles. The zero-order valence-electron chi connectivity index (χ0n) is 12.9. The van der Waals surface area contributed by atoms with E-state index in [4.69, 9.17) is 4.74 Å². The Balaban J connectivity index is 1.91. The van der Waals surface area contributed by atoms with Gasteiger partial charge in [0.15, 0.2) is 0 Å². The van der Waals surface area contributed by atoms with Crippen molar-refractivity contribution in [3.8, 4) is 0 Å². The van der Waals surface area contributed by atoms with Crippen LogP contribution in [0, 0.1) is 0 Å². The Hall–Kier alpha value is -1.75. The van der Waals surface area contributed by atoms with Gasteiger partial charge >= 0.3 is 0 Å². The standard InChI is InChI=1S/C19H20FNO2/c1-21-10-15-17(20)16-11-6-2-3-7-12(11)18(22)13-8-4-5-9-14(13)19(16)23-15/h2-9,15-19,21-22H,10H2,1H3. The second-order valence-corrected chi connectivity index (χ2v) is 6.28. The molecule has 1 saturated heterocycles. The highest BCUT2D eigenvalue weighted by Crippen LogP contribution is 2.52. The Morgan fingerprint density at radius 3 is 2.22 bits per heavy atom. The predicted octanol–water partition coefficient (Wildman–Crippen LogP) is 2.86. The van der Waals surface area contributed by atoms with Crippen LogP contribution in [0.2, 0.25) is 0 Å². The second kappa shape index (κ2) is 5.71. The van der Waals surface area contributed by atoms with E-state index in [1.165, 1.54) is 0 Å². The van der Waals surface area contributed by atoms with Crippen LogP contribution in [0.5, 0.6) is 0 Å². The minimum absolute atomic E-state index is 0.363. The molecule has 0 bridgehead atoms. The van der Waals surface area contributed by atoms with E-state index in [1.807, 2.05) is 48.5 Å². The first-order chi connectivity index (χ1) is 11.2. The van der Waals surface area contributed by atoms with Crippen LogP contribution in [0.25, 0.3) is 0 Å². The maximum atomic E-state index is 15.1. The Labute approximate surface area is 135 Å². The van der Waals surface area contributed by atoms with Crippen molar-refractivity contribution in [3.05, 3.63) is 70.8 Å². The van der Waals surface area contributed by atoms with Crippen LogP contribution in [-0.4, -0.2) is 31.0 Å². The van der Waals surface area contributed by atoms with Crippen molar-refractivity contribution in [2.24, 2.45) is 0 Å². The van der Waals surface area contributed by atoms with Gasteiger partial charge < -0.3 is 15.2 Å². The summed E-state index contributed by atoms with van der Waals surface area (Å²) >= 11 is 0. The van der Waals surface area contributed by atoms with Crippen molar-refractivity contribution in [1.82, 2.24) is 5.32 Å². The smallest absolute Gasteiger partial charge is 0.137 e. The number of halogens is 1. The summed E-state index contributed by atoms with van der Waals surface area (Å²) in [6, 6.07) is 15.3. The minimum atomic E-state index is -1.10. The molecule has 1 fully saturated rings. The summed E-state index contributed by atoms with van der Waals surface area (Å²) in [5, 5.41) is 13.8. The summed E-state index contributed by atoms with van der Waals surface area (Å²) in [5.41, 5.74) is 3.34. The third kappa shape index (κ3) is 2.21. The van der Waals surface area contributed by atoms with Crippen molar-refractivity contribution >= 4 is 0 Å². The van der Waals surface area contributed by atoms with E-state index >= 15 is 4.39 Å². The Bertz CT molecular complexity index is 720. The number of alkyl halides is 1. The molecular formula is C19H20FNO2. The largest absolute Gasteiger partial charge is 0.384 e. The van der Waals surface area contributed by atoms with Gasteiger partial charge in [0.1, 0.15) is 18.4 Å². The van der Waals surface area contributed by atoms with Gasteiger partial charge in [0.2, 0.25) is 0 Å². The first-order valence-corrected chi connectivity index (χ1v) is 8.02. The SMILES string of the molecule is CNCC1OC2c3ccccc3C(O)c3ccccc3C2C1F. The van der Waals surface area contributed by atoms with Crippen molar-refractivity contribution in [3.63, 3.8) is 0 Å². The van der Waals surface area contributed by atoms with E-state index in [9.17, 15) is 5.11 Å². The van der Waals surface area contributed by atoms with E-state index in [0.29, 0.717) is 6.54 Å². The van der Waals surface area contributed by atoms with Crippen LogP contribution >= 0.6 is 0 Å². The average molecular weight is 313 g/mol. The number of nitrogens with one attached hydrogen (secondary N) is 1. The molecule has 2 aromatic rings. The van der Waals surface area contributed by atoms with Crippen LogP contribution in [0.3, 0.4) is 0 Å². The van der Waals surface area contributed by atoms with E-state index < -0.39 is 18.4 Å². The number of fused-ring (bicyclic) bond motifs is 5. The Kier molecular flexibility index (Phi) is 3.68. The number of hydrogen-bond acceptors (Lipinski definition) is 3. The normalized spacial score (nSPS) is 31.9. The van der Waals surface area contributed by atoms with Crippen molar-refractivity contribution in [1.29, 1.82) is 0 Å². The molecule has 0 aromatic heterocycles. The molecule has 5 atom stereocenters. The lowest BCUT2D eigenvalue weighted by Gasteiger charge is -2.20. The molecule has 2 aromatic carbocycles. The van der Waals surface area contributed by atoms with Gasteiger partial charge in [0.25, 0.3) is 0 Å². The molecule has 4 rings (SSSR count). The van der Waals surface area contributed by atoms with Crippen LogP contribution < -0.4 is 5.32 Å². The number of benzene rings is 2. The number of aliphatic hydroxyl groups excluding tert-OH is 1. The van der Waals surface area contributed by atoms with Gasteiger partial charge in [-0.05, 0) is 29.3 Å². The van der Waals surface area contributed by atoms with E-state index in [1.54, 1.807) is 7.05 Å². The molecule has 0 amide bonds. The highest BCUT2D eigenvalue weighted by molar-refractivity contribution is 5.48. The van der Waals surface area contributed by atoms with Gasteiger partial charge in [-0.1, -0.05) is 48.5 Å². The summed E-state index contributed by atoms with van der Waals surface area (Å²) in [6.07, 6.45) is -2.69. The van der Waals surface area contributed by atoms with Crippen LogP contribution in [0.15, 0.2) is 48.5 Å². The lowest BCUT2D eigenvalue weighted by atomic mass is 9.86. The highest BCUT2D eigenvalue weighted by atomic mass is 19.1.